The van der Waals surface area contributed by atoms with E-state index in [4.69, 9.17) is 5.73 Å². The standard InChI is InChI=1S/C21H18F2N4O3/c1-27-11-15(18(26-27)14-10-13(22)7-8-16(14)23)21(30)25-17(19(28)20(24)29)9-12-5-3-2-4-6-12/h2-8,10-11,17H,9H2,1H3,(H2,24,29)(H,25,30). The van der Waals surface area contributed by atoms with Gasteiger partial charge in [-0.05, 0) is 23.8 Å². The Morgan fingerprint density at radius 3 is 2.50 bits per heavy atom. The minimum Gasteiger partial charge on any atom is -0.363 e. The molecule has 9 heteroatoms. The van der Waals surface area contributed by atoms with Crippen molar-refractivity contribution in [1.82, 2.24) is 15.1 Å². The van der Waals surface area contributed by atoms with Gasteiger partial charge in [0.15, 0.2) is 0 Å². The van der Waals surface area contributed by atoms with Gasteiger partial charge in [-0.15, -0.1) is 0 Å². The molecule has 1 aromatic heterocycles. The topological polar surface area (TPSA) is 107 Å². The van der Waals surface area contributed by atoms with Gasteiger partial charge in [-0.2, -0.15) is 5.10 Å². The zero-order valence-electron chi connectivity index (χ0n) is 15.9. The second-order valence-corrected chi connectivity index (χ2v) is 6.63. The Balaban J connectivity index is 1.94. The number of aromatic nitrogens is 2. The van der Waals surface area contributed by atoms with Crippen molar-refractivity contribution < 1.29 is 23.2 Å². The molecule has 7 nitrogen and oxygen atoms in total. The predicted octanol–water partition coefficient (Wildman–Crippen LogP) is 1.76. The first-order valence-electron chi connectivity index (χ1n) is 8.93. The molecular formula is C21H18F2N4O3. The Kier molecular flexibility index (Phi) is 6.01. The van der Waals surface area contributed by atoms with Crippen molar-refractivity contribution in [1.29, 1.82) is 0 Å². The minimum absolute atomic E-state index is 0.0261. The quantitative estimate of drug-likeness (QED) is 0.577. The van der Waals surface area contributed by atoms with E-state index in [2.05, 4.69) is 10.4 Å². The third-order valence-electron chi connectivity index (χ3n) is 4.40. The van der Waals surface area contributed by atoms with Crippen LogP contribution in [0.4, 0.5) is 8.78 Å². The first-order valence-corrected chi connectivity index (χ1v) is 8.93. The lowest BCUT2D eigenvalue weighted by atomic mass is 10.0. The van der Waals surface area contributed by atoms with E-state index >= 15 is 0 Å². The van der Waals surface area contributed by atoms with Gasteiger partial charge >= 0.3 is 0 Å². The Morgan fingerprint density at radius 2 is 1.83 bits per heavy atom. The van der Waals surface area contributed by atoms with Crippen LogP contribution in [0.5, 0.6) is 0 Å². The van der Waals surface area contributed by atoms with Crippen molar-refractivity contribution in [2.45, 2.75) is 12.5 Å². The molecule has 0 bridgehead atoms. The van der Waals surface area contributed by atoms with Crippen molar-refractivity contribution in [3.63, 3.8) is 0 Å². The van der Waals surface area contributed by atoms with Crippen LogP contribution in [0.25, 0.3) is 11.3 Å². The molecule has 0 aliphatic rings. The summed E-state index contributed by atoms with van der Waals surface area (Å²) in [5.74, 6) is -4.42. The van der Waals surface area contributed by atoms with Gasteiger partial charge in [0.05, 0.1) is 5.56 Å². The summed E-state index contributed by atoms with van der Waals surface area (Å²) in [6.45, 7) is 0. The summed E-state index contributed by atoms with van der Waals surface area (Å²) in [4.78, 5) is 36.6. The molecule has 2 aromatic carbocycles. The van der Waals surface area contributed by atoms with Crippen LogP contribution in [0.2, 0.25) is 0 Å². The lowest BCUT2D eigenvalue weighted by Gasteiger charge is -2.16. The van der Waals surface area contributed by atoms with Crippen molar-refractivity contribution in [2.75, 3.05) is 0 Å². The molecule has 0 fully saturated rings. The van der Waals surface area contributed by atoms with Crippen molar-refractivity contribution >= 4 is 17.6 Å². The van der Waals surface area contributed by atoms with Gasteiger partial charge < -0.3 is 11.1 Å². The smallest absolute Gasteiger partial charge is 0.287 e. The number of benzene rings is 2. The highest BCUT2D eigenvalue weighted by Crippen LogP contribution is 2.26. The number of primary amides is 1. The zero-order valence-corrected chi connectivity index (χ0v) is 15.9. The average Bonchev–Trinajstić information content (AvgIpc) is 3.11. The molecule has 3 aromatic rings. The number of rotatable bonds is 7. The van der Waals surface area contributed by atoms with E-state index in [9.17, 15) is 23.2 Å². The Bertz CT molecular complexity index is 1110. The summed E-state index contributed by atoms with van der Waals surface area (Å²) < 4.78 is 29.1. The number of hydrogen-bond acceptors (Lipinski definition) is 4. The number of nitrogens with two attached hydrogens (primary N) is 1. The number of aryl methyl sites for hydroxylation is 1. The van der Waals surface area contributed by atoms with E-state index in [0.717, 1.165) is 18.2 Å². The van der Waals surface area contributed by atoms with Crippen molar-refractivity contribution in [3.8, 4) is 11.3 Å². The summed E-state index contributed by atoms with van der Waals surface area (Å²) in [5.41, 5.74) is 5.42. The number of hydrogen-bond donors (Lipinski definition) is 2. The molecule has 0 saturated heterocycles. The predicted molar refractivity (Wildman–Crippen MR) is 104 cm³/mol. The zero-order chi connectivity index (χ0) is 21.8. The van der Waals surface area contributed by atoms with Crippen molar-refractivity contribution in [3.05, 3.63) is 77.5 Å². The lowest BCUT2D eigenvalue weighted by molar-refractivity contribution is -0.137. The highest BCUT2D eigenvalue weighted by Gasteiger charge is 2.28. The van der Waals surface area contributed by atoms with Gasteiger partial charge in [-0.3, -0.25) is 19.1 Å². The molecule has 1 atom stereocenters. The number of carbonyl (C=O) groups excluding carboxylic acids is 3. The summed E-state index contributed by atoms with van der Waals surface area (Å²) in [6, 6.07) is 10.3. The maximum Gasteiger partial charge on any atom is 0.287 e. The molecule has 3 rings (SSSR count). The van der Waals surface area contributed by atoms with Gasteiger partial charge in [0.2, 0.25) is 5.78 Å². The van der Waals surface area contributed by atoms with Gasteiger partial charge in [0, 0.05) is 25.2 Å². The number of carbonyl (C=O) groups is 3. The summed E-state index contributed by atoms with van der Waals surface area (Å²) in [7, 11) is 1.51. The van der Waals surface area contributed by atoms with Crippen LogP contribution in [0.3, 0.4) is 0 Å². The molecule has 154 valence electrons. The molecule has 1 unspecified atom stereocenters. The fourth-order valence-electron chi connectivity index (χ4n) is 3.00. The maximum atomic E-state index is 14.2. The number of nitrogens with one attached hydrogen (secondary N) is 1. The molecular weight excluding hydrogens is 394 g/mol. The van der Waals surface area contributed by atoms with E-state index in [-0.39, 0.29) is 23.2 Å². The Labute approximate surface area is 170 Å². The van der Waals surface area contributed by atoms with Crippen LogP contribution < -0.4 is 11.1 Å². The fourth-order valence-corrected chi connectivity index (χ4v) is 3.00. The summed E-state index contributed by atoms with van der Waals surface area (Å²) in [6.07, 6.45) is 1.33. The van der Waals surface area contributed by atoms with E-state index in [0.29, 0.717) is 5.56 Å². The van der Waals surface area contributed by atoms with Crippen LogP contribution in [-0.4, -0.2) is 33.4 Å². The van der Waals surface area contributed by atoms with Crippen LogP contribution >= 0.6 is 0 Å². The van der Waals surface area contributed by atoms with Crippen LogP contribution in [-0.2, 0) is 23.1 Å². The monoisotopic (exact) mass is 412 g/mol. The number of ketones is 1. The molecule has 0 aliphatic carbocycles. The maximum absolute atomic E-state index is 14.2. The number of halogens is 2. The van der Waals surface area contributed by atoms with Crippen LogP contribution in [0.15, 0.2) is 54.7 Å². The highest BCUT2D eigenvalue weighted by atomic mass is 19.1. The van der Waals surface area contributed by atoms with E-state index in [1.165, 1.54) is 17.9 Å². The fraction of sp³-hybridized carbons (Fsp3) is 0.143. The number of amides is 2. The molecule has 3 N–H and O–H groups in total. The molecule has 0 saturated carbocycles. The number of Topliss-reactive ketones (excluding diaryl/α,β-unsaturated/α-hetero) is 1. The lowest BCUT2D eigenvalue weighted by Crippen LogP contribution is -2.47. The molecule has 1 heterocycles. The summed E-state index contributed by atoms with van der Waals surface area (Å²) >= 11 is 0. The largest absolute Gasteiger partial charge is 0.363 e. The van der Waals surface area contributed by atoms with Gasteiger partial charge in [-0.1, -0.05) is 30.3 Å². The first kappa shape index (κ1) is 20.8. The van der Waals surface area contributed by atoms with E-state index < -0.39 is 35.3 Å². The Morgan fingerprint density at radius 1 is 1.13 bits per heavy atom. The highest BCUT2D eigenvalue weighted by molar-refractivity contribution is 6.38. The minimum atomic E-state index is -1.23. The van der Waals surface area contributed by atoms with E-state index in [1.54, 1.807) is 30.3 Å². The Hall–Kier alpha value is -3.88. The second kappa shape index (κ2) is 8.64. The molecule has 2 amide bonds. The second-order valence-electron chi connectivity index (χ2n) is 6.63. The number of nitrogens with zero attached hydrogens (tertiary/aromatic N) is 2. The normalized spacial score (nSPS) is 11.7. The summed E-state index contributed by atoms with van der Waals surface area (Å²) in [5, 5.41) is 6.51. The molecule has 0 spiro atoms. The molecule has 0 radical (unpaired) electrons. The van der Waals surface area contributed by atoms with E-state index in [1.807, 2.05) is 0 Å². The van der Waals surface area contributed by atoms with Gasteiger partial charge in [-0.25, -0.2) is 8.78 Å². The van der Waals surface area contributed by atoms with Crippen LogP contribution in [0, 0.1) is 11.6 Å². The third-order valence-corrected chi connectivity index (χ3v) is 4.40. The first-order chi connectivity index (χ1) is 14.3. The third kappa shape index (κ3) is 4.57. The average molecular weight is 412 g/mol. The van der Waals surface area contributed by atoms with Gasteiger partial charge in [0.1, 0.15) is 23.4 Å². The van der Waals surface area contributed by atoms with Crippen LogP contribution in [0.1, 0.15) is 15.9 Å². The molecule has 0 aliphatic heterocycles. The molecule has 30 heavy (non-hydrogen) atoms. The SMILES string of the molecule is Cn1cc(C(=O)NC(Cc2ccccc2)C(=O)C(N)=O)c(-c2cc(F)ccc2F)n1. The van der Waals surface area contributed by atoms with Crippen molar-refractivity contribution in [2.24, 2.45) is 12.8 Å². The van der Waals surface area contributed by atoms with Gasteiger partial charge in [0.25, 0.3) is 11.8 Å².